The third-order valence-corrected chi connectivity index (χ3v) is 6.68. The summed E-state index contributed by atoms with van der Waals surface area (Å²) in [4.78, 5) is 35.7. The van der Waals surface area contributed by atoms with Crippen LogP contribution in [0.4, 0.5) is 0 Å². The Kier molecular flexibility index (Phi) is 9.01. The molecule has 6 nitrogen and oxygen atoms in total. The van der Waals surface area contributed by atoms with Crippen LogP contribution in [0.15, 0.2) is 47.1 Å². The van der Waals surface area contributed by atoms with Crippen LogP contribution in [0.1, 0.15) is 79.5 Å². The van der Waals surface area contributed by atoms with Crippen molar-refractivity contribution in [3.63, 3.8) is 0 Å². The molecule has 1 amide bonds. The van der Waals surface area contributed by atoms with E-state index in [1.165, 1.54) is 5.57 Å². The highest BCUT2D eigenvalue weighted by Gasteiger charge is 2.37. The Labute approximate surface area is 196 Å². The van der Waals surface area contributed by atoms with Crippen molar-refractivity contribution >= 4 is 18.2 Å². The predicted molar refractivity (Wildman–Crippen MR) is 127 cm³/mol. The summed E-state index contributed by atoms with van der Waals surface area (Å²) in [6.45, 7) is 6.79. The zero-order valence-electron chi connectivity index (χ0n) is 19.8. The molecule has 0 aliphatic carbocycles. The van der Waals surface area contributed by atoms with Gasteiger partial charge in [-0.3, -0.25) is 9.59 Å². The van der Waals surface area contributed by atoms with E-state index < -0.39 is 0 Å². The van der Waals surface area contributed by atoms with Gasteiger partial charge in [-0.2, -0.15) is 0 Å². The summed E-state index contributed by atoms with van der Waals surface area (Å²) >= 11 is 0. The first-order valence-corrected chi connectivity index (χ1v) is 12.0. The molecule has 0 atom stereocenters. The molecule has 2 aliphatic rings. The van der Waals surface area contributed by atoms with Gasteiger partial charge in [0.2, 0.25) is 0 Å². The van der Waals surface area contributed by atoms with Crippen molar-refractivity contribution in [2.45, 2.75) is 58.8 Å². The number of aldehydes is 1. The average molecular weight is 454 g/mol. The molecule has 0 aromatic heterocycles. The molecule has 0 bridgehead atoms. The molecule has 3 rings (SSSR count). The number of hydrogen-bond acceptors (Lipinski definition) is 5. The molecule has 0 radical (unpaired) electrons. The van der Waals surface area contributed by atoms with Gasteiger partial charge in [0.15, 0.2) is 0 Å². The van der Waals surface area contributed by atoms with Gasteiger partial charge < -0.3 is 14.8 Å². The largest absolute Gasteiger partial charge is 0.462 e. The summed E-state index contributed by atoms with van der Waals surface area (Å²) < 4.78 is 10.9. The molecular weight excluding hydrogens is 418 g/mol. The molecule has 33 heavy (non-hydrogen) atoms. The summed E-state index contributed by atoms with van der Waals surface area (Å²) in [5.41, 5.74) is 4.22. The van der Waals surface area contributed by atoms with Gasteiger partial charge in [0, 0.05) is 30.9 Å². The molecule has 1 aromatic carbocycles. The van der Waals surface area contributed by atoms with E-state index in [2.05, 4.69) is 25.2 Å². The fourth-order valence-corrected chi connectivity index (χ4v) is 4.73. The number of esters is 1. The zero-order valence-corrected chi connectivity index (χ0v) is 19.8. The third kappa shape index (κ3) is 6.64. The van der Waals surface area contributed by atoms with E-state index in [0.717, 1.165) is 82.1 Å². The molecule has 0 saturated carbocycles. The lowest BCUT2D eigenvalue weighted by atomic mass is 9.75. The normalized spacial score (nSPS) is 18.6. The minimum atomic E-state index is -0.379. The molecule has 1 N–H and O–H groups in total. The molecule has 178 valence electrons. The maximum absolute atomic E-state index is 12.9. The Hall–Kier alpha value is -2.73. The van der Waals surface area contributed by atoms with E-state index in [4.69, 9.17) is 9.47 Å². The van der Waals surface area contributed by atoms with Gasteiger partial charge in [-0.05, 0) is 75.0 Å². The van der Waals surface area contributed by atoms with E-state index in [-0.39, 0.29) is 17.3 Å². The fourth-order valence-electron chi connectivity index (χ4n) is 4.73. The molecule has 6 heteroatoms. The number of ether oxygens (including phenoxy) is 2. The van der Waals surface area contributed by atoms with Crippen molar-refractivity contribution in [3.8, 4) is 0 Å². The lowest BCUT2D eigenvalue weighted by Gasteiger charge is -2.36. The van der Waals surface area contributed by atoms with Gasteiger partial charge in [-0.15, -0.1) is 0 Å². The summed E-state index contributed by atoms with van der Waals surface area (Å²) in [5.74, 6) is -0.339. The Morgan fingerprint density at radius 2 is 1.91 bits per heavy atom. The first kappa shape index (κ1) is 24.9. The summed E-state index contributed by atoms with van der Waals surface area (Å²) in [7, 11) is 0. The average Bonchev–Trinajstić information content (AvgIpc) is 2.95. The smallest absolute Gasteiger partial charge is 0.338 e. The lowest BCUT2D eigenvalue weighted by Crippen LogP contribution is -2.39. The van der Waals surface area contributed by atoms with Gasteiger partial charge in [0.25, 0.3) is 5.91 Å². The molecular formula is C27H35NO5. The standard InChI is InChI=1S/C27H35NO5/c1-3-22(24-20(2)17-27(19-28-25(24)30)12-15-32-16-13-27)7-5-4-6-14-33-26(31)23-10-8-21(18-29)9-11-23/h7-11,18H,3-6,12-17,19H2,1-2H3,(H,28,30)/b22-7-. The van der Waals surface area contributed by atoms with Gasteiger partial charge in [0.05, 0.1) is 12.2 Å². The molecule has 2 aliphatic heterocycles. The molecule has 1 fully saturated rings. The Bertz CT molecular complexity index is 907. The van der Waals surface area contributed by atoms with Gasteiger partial charge in [-0.1, -0.05) is 30.7 Å². The Morgan fingerprint density at radius 3 is 2.58 bits per heavy atom. The quantitative estimate of drug-likeness (QED) is 0.330. The van der Waals surface area contributed by atoms with Crippen LogP contribution in [0, 0.1) is 5.41 Å². The van der Waals surface area contributed by atoms with Gasteiger partial charge >= 0.3 is 5.97 Å². The van der Waals surface area contributed by atoms with E-state index in [1.54, 1.807) is 24.3 Å². The predicted octanol–water partition coefficient (Wildman–Crippen LogP) is 4.80. The van der Waals surface area contributed by atoms with Crippen molar-refractivity contribution < 1.29 is 23.9 Å². The van der Waals surface area contributed by atoms with E-state index >= 15 is 0 Å². The number of carbonyl (C=O) groups is 3. The first-order chi connectivity index (χ1) is 16.0. The van der Waals surface area contributed by atoms with Crippen LogP contribution < -0.4 is 5.32 Å². The second-order valence-electron chi connectivity index (χ2n) is 9.08. The minimum absolute atomic E-state index is 0.0403. The number of hydrogen-bond donors (Lipinski definition) is 1. The Morgan fingerprint density at radius 1 is 1.18 bits per heavy atom. The third-order valence-electron chi connectivity index (χ3n) is 6.68. The van der Waals surface area contributed by atoms with E-state index in [0.29, 0.717) is 17.7 Å². The van der Waals surface area contributed by atoms with Crippen LogP contribution in [-0.4, -0.2) is 44.5 Å². The zero-order chi connectivity index (χ0) is 23.7. The summed E-state index contributed by atoms with van der Waals surface area (Å²) in [5, 5.41) is 3.18. The van der Waals surface area contributed by atoms with Crippen molar-refractivity contribution in [3.05, 3.63) is 58.2 Å². The number of nitrogens with one attached hydrogen (secondary N) is 1. The summed E-state index contributed by atoms with van der Waals surface area (Å²) in [6.07, 6.45) is 9.08. The minimum Gasteiger partial charge on any atom is -0.462 e. The van der Waals surface area contributed by atoms with Gasteiger partial charge in [-0.25, -0.2) is 4.79 Å². The van der Waals surface area contributed by atoms with Crippen molar-refractivity contribution in [2.24, 2.45) is 5.41 Å². The maximum atomic E-state index is 12.9. The van der Waals surface area contributed by atoms with Crippen LogP contribution in [0.3, 0.4) is 0 Å². The molecule has 2 heterocycles. The highest BCUT2D eigenvalue weighted by molar-refractivity contribution is 5.98. The highest BCUT2D eigenvalue weighted by atomic mass is 16.5. The highest BCUT2D eigenvalue weighted by Crippen LogP contribution is 2.40. The number of amides is 1. The van der Waals surface area contributed by atoms with Crippen LogP contribution >= 0.6 is 0 Å². The van der Waals surface area contributed by atoms with Gasteiger partial charge in [0.1, 0.15) is 6.29 Å². The molecule has 1 spiro atoms. The van der Waals surface area contributed by atoms with Crippen molar-refractivity contribution in [1.82, 2.24) is 5.32 Å². The number of unbranched alkanes of at least 4 members (excludes halogenated alkanes) is 2. The van der Waals surface area contributed by atoms with Crippen LogP contribution in [0.5, 0.6) is 0 Å². The maximum Gasteiger partial charge on any atom is 0.338 e. The monoisotopic (exact) mass is 453 g/mol. The molecule has 1 saturated heterocycles. The second-order valence-corrected chi connectivity index (χ2v) is 9.08. The number of carbonyl (C=O) groups excluding carboxylic acids is 3. The fraction of sp³-hybridized carbons (Fsp3) is 0.519. The first-order valence-electron chi connectivity index (χ1n) is 12.0. The second kappa shape index (κ2) is 11.9. The number of benzene rings is 1. The van der Waals surface area contributed by atoms with E-state index in [9.17, 15) is 14.4 Å². The number of rotatable bonds is 9. The topological polar surface area (TPSA) is 81.7 Å². The SMILES string of the molecule is CC/C(=C/CCCCOC(=O)c1ccc(C=O)cc1)C1=C(C)CC2(CCOCC2)CNC1=O. The molecule has 0 unspecified atom stereocenters. The van der Waals surface area contributed by atoms with Crippen LogP contribution in [0.25, 0.3) is 0 Å². The Balaban J connectivity index is 1.51. The van der Waals surface area contributed by atoms with Crippen LogP contribution in [-0.2, 0) is 14.3 Å². The van der Waals surface area contributed by atoms with Crippen LogP contribution in [0.2, 0.25) is 0 Å². The van der Waals surface area contributed by atoms with E-state index in [1.807, 2.05) is 0 Å². The molecule has 1 aromatic rings. The van der Waals surface area contributed by atoms with Crippen molar-refractivity contribution in [2.75, 3.05) is 26.4 Å². The summed E-state index contributed by atoms with van der Waals surface area (Å²) in [6, 6.07) is 6.40. The van der Waals surface area contributed by atoms with Crippen molar-refractivity contribution in [1.29, 1.82) is 0 Å². The lowest BCUT2D eigenvalue weighted by molar-refractivity contribution is -0.117. The number of allylic oxidation sites excluding steroid dienone is 2.